The second-order valence-corrected chi connectivity index (χ2v) is 3.83. The second-order valence-electron chi connectivity index (χ2n) is 3.83. The smallest absolute Gasteiger partial charge is 0.265 e. The minimum Gasteiger partial charge on any atom is -0.398 e. The van der Waals surface area contributed by atoms with E-state index in [1.165, 1.54) is 0 Å². The van der Waals surface area contributed by atoms with Crippen molar-refractivity contribution < 1.29 is 4.52 Å². The lowest BCUT2D eigenvalue weighted by Crippen LogP contribution is -2.10. The fourth-order valence-corrected chi connectivity index (χ4v) is 1.48. The van der Waals surface area contributed by atoms with Crippen molar-refractivity contribution in [3.63, 3.8) is 0 Å². The first-order chi connectivity index (χ1) is 7.59. The summed E-state index contributed by atoms with van der Waals surface area (Å²) in [5, 5.41) is 3.86. The lowest BCUT2D eigenvalue weighted by atomic mass is 10.1. The van der Waals surface area contributed by atoms with Gasteiger partial charge in [-0.15, -0.1) is 0 Å². The van der Waals surface area contributed by atoms with Crippen LogP contribution >= 0.6 is 0 Å². The highest BCUT2D eigenvalue weighted by Crippen LogP contribution is 2.28. The van der Waals surface area contributed by atoms with Crippen molar-refractivity contribution in [1.82, 2.24) is 10.1 Å². The van der Waals surface area contributed by atoms with E-state index in [1.807, 2.05) is 39.2 Å². The van der Waals surface area contributed by atoms with Crippen LogP contribution in [0, 0.1) is 6.92 Å². The first kappa shape index (κ1) is 10.5. The molecule has 84 valence electrons. The van der Waals surface area contributed by atoms with Crippen molar-refractivity contribution in [1.29, 1.82) is 0 Å². The molecule has 0 aliphatic heterocycles. The van der Waals surface area contributed by atoms with Crippen LogP contribution in [0.1, 0.15) is 5.56 Å². The van der Waals surface area contributed by atoms with Crippen molar-refractivity contribution in [3.8, 4) is 11.5 Å². The van der Waals surface area contributed by atoms with Crippen LogP contribution < -0.4 is 10.6 Å². The average Bonchev–Trinajstić information content (AvgIpc) is 2.66. The van der Waals surface area contributed by atoms with Crippen LogP contribution in [0.2, 0.25) is 0 Å². The van der Waals surface area contributed by atoms with Gasteiger partial charge in [-0.3, -0.25) is 0 Å². The summed E-state index contributed by atoms with van der Waals surface area (Å²) < 4.78 is 5.19. The zero-order valence-corrected chi connectivity index (χ0v) is 9.56. The zero-order chi connectivity index (χ0) is 11.7. The van der Waals surface area contributed by atoms with E-state index in [-0.39, 0.29) is 0 Å². The van der Waals surface area contributed by atoms with Crippen molar-refractivity contribution in [2.45, 2.75) is 6.92 Å². The minimum atomic E-state index is 0.458. The molecular weight excluding hydrogens is 204 g/mol. The molecule has 0 atom stereocenters. The maximum atomic E-state index is 5.90. The molecule has 2 N–H and O–H groups in total. The Balaban J connectivity index is 2.50. The minimum absolute atomic E-state index is 0.458. The Labute approximate surface area is 93.9 Å². The number of hydrogen-bond acceptors (Lipinski definition) is 5. The van der Waals surface area contributed by atoms with Gasteiger partial charge in [-0.05, 0) is 23.7 Å². The normalized spacial score (nSPS) is 10.4. The number of aromatic nitrogens is 2. The van der Waals surface area contributed by atoms with Crippen LogP contribution in [0.4, 0.5) is 11.6 Å². The van der Waals surface area contributed by atoms with Gasteiger partial charge < -0.3 is 15.2 Å². The number of hydrogen-bond donors (Lipinski definition) is 1. The molecule has 2 aromatic rings. The first-order valence-corrected chi connectivity index (χ1v) is 4.96. The quantitative estimate of drug-likeness (QED) is 0.777. The summed E-state index contributed by atoms with van der Waals surface area (Å²) in [5.74, 6) is 0.997. The number of anilines is 2. The third-order valence-electron chi connectivity index (χ3n) is 2.33. The van der Waals surface area contributed by atoms with E-state index in [1.54, 1.807) is 4.90 Å². The lowest BCUT2D eigenvalue weighted by Gasteiger charge is -2.04. The van der Waals surface area contributed by atoms with E-state index < -0.39 is 0 Å². The van der Waals surface area contributed by atoms with Gasteiger partial charge in [0.1, 0.15) is 0 Å². The van der Waals surface area contributed by atoms with Crippen LogP contribution in [0.5, 0.6) is 0 Å². The van der Waals surface area contributed by atoms with E-state index in [9.17, 15) is 0 Å². The molecule has 1 aromatic carbocycles. The van der Waals surface area contributed by atoms with E-state index >= 15 is 0 Å². The molecule has 5 heteroatoms. The van der Waals surface area contributed by atoms with Crippen molar-refractivity contribution in [2.75, 3.05) is 24.7 Å². The Morgan fingerprint density at radius 2 is 2.06 bits per heavy atom. The summed E-state index contributed by atoms with van der Waals surface area (Å²) in [6, 6.07) is 5.69. The topological polar surface area (TPSA) is 68.2 Å². The van der Waals surface area contributed by atoms with Crippen LogP contribution in [-0.2, 0) is 0 Å². The number of aryl methyl sites for hydroxylation is 1. The van der Waals surface area contributed by atoms with Crippen molar-refractivity contribution in [3.05, 3.63) is 23.8 Å². The van der Waals surface area contributed by atoms with Gasteiger partial charge in [-0.25, -0.2) is 0 Å². The van der Waals surface area contributed by atoms with Gasteiger partial charge in [0.15, 0.2) is 0 Å². The molecule has 0 saturated carbocycles. The number of nitrogens with two attached hydrogens (primary N) is 1. The largest absolute Gasteiger partial charge is 0.398 e. The molecule has 16 heavy (non-hydrogen) atoms. The molecule has 1 heterocycles. The molecule has 0 spiro atoms. The van der Waals surface area contributed by atoms with Gasteiger partial charge >= 0.3 is 0 Å². The molecular formula is C11H14N4O. The third kappa shape index (κ3) is 1.71. The van der Waals surface area contributed by atoms with Crippen molar-refractivity contribution >= 4 is 11.6 Å². The summed E-state index contributed by atoms with van der Waals surface area (Å²) in [6.07, 6.45) is 0. The summed E-state index contributed by atoms with van der Waals surface area (Å²) in [6.45, 7) is 1.96. The van der Waals surface area contributed by atoms with Gasteiger partial charge in [0.2, 0.25) is 0 Å². The molecule has 0 saturated heterocycles. The molecule has 0 radical (unpaired) electrons. The zero-order valence-electron chi connectivity index (χ0n) is 9.56. The Kier molecular flexibility index (Phi) is 2.52. The summed E-state index contributed by atoms with van der Waals surface area (Å²) >= 11 is 0. The van der Waals surface area contributed by atoms with Crippen LogP contribution in [0.15, 0.2) is 22.7 Å². The summed E-state index contributed by atoms with van der Waals surface area (Å²) in [7, 11) is 3.71. The third-order valence-corrected chi connectivity index (χ3v) is 2.33. The molecule has 0 bridgehead atoms. The van der Waals surface area contributed by atoms with Crippen molar-refractivity contribution in [2.24, 2.45) is 0 Å². The molecule has 0 unspecified atom stereocenters. The van der Waals surface area contributed by atoms with E-state index in [0.29, 0.717) is 17.5 Å². The lowest BCUT2D eigenvalue weighted by molar-refractivity contribution is 0.430. The molecule has 0 aliphatic rings. The second kappa shape index (κ2) is 3.84. The Bertz CT molecular complexity index is 484. The first-order valence-electron chi connectivity index (χ1n) is 4.96. The highest BCUT2D eigenvalue weighted by Gasteiger charge is 2.14. The van der Waals surface area contributed by atoms with Crippen LogP contribution in [0.25, 0.3) is 11.5 Å². The number of nitrogens with zero attached hydrogens (tertiary/aromatic N) is 3. The highest BCUT2D eigenvalue weighted by molar-refractivity contribution is 5.74. The predicted octanol–water partition coefficient (Wildman–Crippen LogP) is 1.69. The van der Waals surface area contributed by atoms with Gasteiger partial charge in [0.25, 0.3) is 11.8 Å². The van der Waals surface area contributed by atoms with Crippen LogP contribution in [0.3, 0.4) is 0 Å². The Morgan fingerprint density at radius 1 is 1.31 bits per heavy atom. The number of rotatable bonds is 2. The maximum absolute atomic E-state index is 5.90. The van der Waals surface area contributed by atoms with E-state index in [0.717, 1.165) is 11.1 Å². The number of benzene rings is 1. The molecule has 2 rings (SSSR count). The van der Waals surface area contributed by atoms with E-state index in [4.69, 9.17) is 10.3 Å². The average molecular weight is 218 g/mol. The van der Waals surface area contributed by atoms with Gasteiger partial charge in [0.05, 0.1) is 5.56 Å². The molecule has 1 aromatic heterocycles. The monoisotopic (exact) mass is 218 g/mol. The SMILES string of the molecule is Cc1cccc(N)c1-c1nc(N(C)C)no1. The van der Waals surface area contributed by atoms with Gasteiger partial charge in [-0.1, -0.05) is 12.1 Å². The fourth-order valence-electron chi connectivity index (χ4n) is 1.48. The molecule has 0 aliphatic carbocycles. The number of nitrogen functional groups attached to an aromatic ring is 1. The van der Waals surface area contributed by atoms with Gasteiger partial charge in [-0.2, -0.15) is 4.98 Å². The molecule has 0 fully saturated rings. The molecule has 0 amide bonds. The summed E-state index contributed by atoms with van der Waals surface area (Å²) in [4.78, 5) is 6.05. The van der Waals surface area contributed by atoms with E-state index in [2.05, 4.69) is 10.1 Å². The fraction of sp³-hybridized carbons (Fsp3) is 0.273. The summed E-state index contributed by atoms with van der Waals surface area (Å²) in [5.41, 5.74) is 8.38. The predicted molar refractivity (Wildman–Crippen MR) is 63.2 cm³/mol. The Hall–Kier alpha value is -2.04. The highest BCUT2D eigenvalue weighted by atomic mass is 16.5. The van der Waals surface area contributed by atoms with Crippen LogP contribution in [-0.4, -0.2) is 24.2 Å². The Morgan fingerprint density at radius 3 is 2.62 bits per heavy atom. The molecule has 5 nitrogen and oxygen atoms in total. The van der Waals surface area contributed by atoms with Gasteiger partial charge in [0, 0.05) is 19.8 Å². The standard InChI is InChI=1S/C11H14N4O/c1-7-5-4-6-8(12)9(7)10-13-11(14-16-10)15(2)3/h4-6H,12H2,1-3H3. The maximum Gasteiger partial charge on any atom is 0.265 e.